The molecule has 6 heteroatoms. The summed E-state index contributed by atoms with van der Waals surface area (Å²) in [6, 6.07) is 9.21. The lowest BCUT2D eigenvalue weighted by atomic mass is 10.1. The van der Waals surface area contributed by atoms with E-state index in [0.29, 0.717) is 31.1 Å². The van der Waals surface area contributed by atoms with E-state index in [1.54, 1.807) is 19.2 Å². The lowest BCUT2D eigenvalue weighted by Crippen LogP contribution is -2.10. The molecule has 1 N–H and O–H groups in total. The number of ether oxygens (including phenoxy) is 3. The van der Waals surface area contributed by atoms with Crippen LogP contribution in [0.1, 0.15) is 23.1 Å². The lowest BCUT2D eigenvalue weighted by Gasteiger charge is -2.13. The first kappa shape index (κ1) is 19.9. The summed E-state index contributed by atoms with van der Waals surface area (Å²) >= 11 is 6.15. The molecule has 0 aliphatic carbocycles. The van der Waals surface area contributed by atoms with Gasteiger partial charge in [-0.05, 0) is 61.2 Å². The third-order valence-corrected chi connectivity index (χ3v) is 4.47. The van der Waals surface area contributed by atoms with Crippen molar-refractivity contribution in [2.24, 2.45) is 0 Å². The van der Waals surface area contributed by atoms with Crippen molar-refractivity contribution >= 4 is 17.6 Å². The third-order valence-electron chi connectivity index (χ3n) is 3.88. The molecule has 0 atom stereocenters. The van der Waals surface area contributed by atoms with Crippen molar-refractivity contribution in [3.05, 3.63) is 52.0 Å². The maximum Gasteiger partial charge on any atom is 0.303 e. The molecule has 0 saturated carbocycles. The van der Waals surface area contributed by atoms with E-state index >= 15 is 0 Å². The monoisotopic (exact) mass is 378 g/mol. The molecule has 0 aromatic heterocycles. The van der Waals surface area contributed by atoms with Crippen LogP contribution in [0.25, 0.3) is 0 Å². The van der Waals surface area contributed by atoms with Crippen LogP contribution in [0, 0.1) is 13.8 Å². The molecule has 2 rings (SSSR count). The molecule has 0 amide bonds. The Bertz CT molecular complexity index is 750. The van der Waals surface area contributed by atoms with E-state index in [2.05, 4.69) is 0 Å². The van der Waals surface area contributed by atoms with Gasteiger partial charge in [0.25, 0.3) is 0 Å². The first-order chi connectivity index (χ1) is 12.4. The van der Waals surface area contributed by atoms with Crippen molar-refractivity contribution in [2.75, 3.05) is 20.3 Å². The van der Waals surface area contributed by atoms with Crippen molar-refractivity contribution in [1.29, 1.82) is 0 Å². The molecule has 0 spiro atoms. The van der Waals surface area contributed by atoms with Gasteiger partial charge in [-0.1, -0.05) is 17.7 Å². The van der Waals surface area contributed by atoms with E-state index in [-0.39, 0.29) is 6.42 Å². The fourth-order valence-electron chi connectivity index (χ4n) is 2.54. The summed E-state index contributed by atoms with van der Waals surface area (Å²) in [5.74, 6) is 1.10. The van der Waals surface area contributed by atoms with Crippen molar-refractivity contribution in [1.82, 2.24) is 0 Å². The van der Waals surface area contributed by atoms with E-state index in [4.69, 9.17) is 30.9 Å². The summed E-state index contributed by atoms with van der Waals surface area (Å²) in [6.45, 7) is 4.61. The zero-order valence-electron chi connectivity index (χ0n) is 15.2. The molecule has 0 aliphatic rings. The highest BCUT2D eigenvalue weighted by Gasteiger charge is 2.08. The second-order valence-electron chi connectivity index (χ2n) is 5.95. The Balaban J connectivity index is 1.90. The van der Waals surface area contributed by atoms with E-state index in [0.717, 1.165) is 27.5 Å². The Kier molecular flexibility index (Phi) is 7.16. The van der Waals surface area contributed by atoms with Crippen molar-refractivity contribution in [2.45, 2.75) is 26.7 Å². The molecule has 5 nitrogen and oxygen atoms in total. The highest BCUT2D eigenvalue weighted by atomic mass is 35.5. The van der Waals surface area contributed by atoms with Crippen LogP contribution in [0.2, 0.25) is 5.02 Å². The molecule has 2 aromatic carbocycles. The maximum atomic E-state index is 10.7. The summed E-state index contributed by atoms with van der Waals surface area (Å²) < 4.78 is 16.8. The van der Waals surface area contributed by atoms with E-state index < -0.39 is 5.97 Å². The van der Waals surface area contributed by atoms with Crippen LogP contribution in [0.3, 0.4) is 0 Å². The molecule has 0 bridgehead atoms. The fourth-order valence-corrected chi connectivity index (χ4v) is 2.65. The smallest absolute Gasteiger partial charge is 0.303 e. The second kappa shape index (κ2) is 9.34. The number of carboxylic acid groups (broad SMARTS) is 1. The van der Waals surface area contributed by atoms with Crippen LogP contribution >= 0.6 is 11.6 Å². The number of hydrogen-bond donors (Lipinski definition) is 1. The molecular weight excluding hydrogens is 356 g/mol. The number of aryl methyl sites for hydroxylation is 3. The summed E-state index contributed by atoms with van der Waals surface area (Å²) in [7, 11) is 1.55. The molecule has 2 aromatic rings. The first-order valence-electron chi connectivity index (χ1n) is 8.31. The zero-order valence-corrected chi connectivity index (χ0v) is 15.9. The van der Waals surface area contributed by atoms with E-state index in [1.807, 2.05) is 32.0 Å². The standard InChI is InChI=1S/C20H23ClO5/c1-13-10-16(11-14(2)20(13)21)25-8-9-26-17-6-4-15(5-7-19(22)23)12-18(17)24-3/h4,6,10-12H,5,7-9H2,1-3H3,(H,22,23). The minimum absolute atomic E-state index is 0.0805. The van der Waals surface area contributed by atoms with Gasteiger partial charge in [-0.25, -0.2) is 0 Å². The summed E-state index contributed by atoms with van der Waals surface area (Å²) in [4.78, 5) is 10.7. The second-order valence-corrected chi connectivity index (χ2v) is 6.32. The molecule has 0 heterocycles. The molecule has 0 aliphatic heterocycles. The largest absolute Gasteiger partial charge is 0.493 e. The number of methoxy groups -OCH3 is 1. The van der Waals surface area contributed by atoms with Gasteiger partial charge in [0, 0.05) is 11.4 Å². The van der Waals surface area contributed by atoms with Gasteiger partial charge in [0.2, 0.25) is 0 Å². The van der Waals surface area contributed by atoms with E-state index in [9.17, 15) is 4.79 Å². The van der Waals surface area contributed by atoms with Crippen molar-refractivity contribution < 1.29 is 24.1 Å². The van der Waals surface area contributed by atoms with E-state index in [1.165, 1.54) is 0 Å². The number of carbonyl (C=O) groups is 1. The quantitative estimate of drug-likeness (QED) is 0.653. The number of halogens is 1. The summed E-state index contributed by atoms with van der Waals surface area (Å²) in [6.07, 6.45) is 0.529. The Labute approximate surface area is 158 Å². The van der Waals surface area contributed by atoms with Crippen LogP contribution in [0.4, 0.5) is 0 Å². The summed E-state index contributed by atoms with van der Waals surface area (Å²) in [5, 5.41) is 9.52. The summed E-state index contributed by atoms with van der Waals surface area (Å²) in [5.41, 5.74) is 2.84. The minimum Gasteiger partial charge on any atom is -0.493 e. The molecule has 0 saturated heterocycles. The highest BCUT2D eigenvalue weighted by Crippen LogP contribution is 2.29. The minimum atomic E-state index is -0.825. The van der Waals surface area contributed by atoms with Crippen LogP contribution in [-0.2, 0) is 11.2 Å². The van der Waals surface area contributed by atoms with Gasteiger partial charge in [0.15, 0.2) is 11.5 Å². The average Bonchev–Trinajstić information content (AvgIpc) is 2.61. The number of rotatable bonds is 9. The molecule has 140 valence electrons. The SMILES string of the molecule is COc1cc(CCC(=O)O)ccc1OCCOc1cc(C)c(Cl)c(C)c1. The van der Waals surface area contributed by atoms with Gasteiger partial charge >= 0.3 is 5.97 Å². The number of benzene rings is 2. The lowest BCUT2D eigenvalue weighted by molar-refractivity contribution is -0.136. The topological polar surface area (TPSA) is 65.0 Å². The normalized spacial score (nSPS) is 10.5. The Morgan fingerprint density at radius 1 is 1.04 bits per heavy atom. The molecule has 0 unspecified atom stereocenters. The van der Waals surface area contributed by atoms with Gasteiger partial charge < -0.3 is 19.3 Å². The number of hydrogen-bond acceptors (Lipinski definition) is 4. The predicted octanol–water partition coefficient (Wildman–Crippen LogP) is 4.44. The average molecular weight is 379 g/mol. The van der Waals surface area contributed by atoms with Crippen LogP contribution in [-0.4, -0.2) is 31.4 Å². The number of aliphatic carboxylic acids is 1. The van der Waals surface area contributed by atoms with Crippen LogP contribution in [0.5, 0.6) is 17.2 Å². The molecule has 0 fully saturated rings. The van der Waals surface area contributed by atoms with Crippen molar-refractivity contribution in [3.63, 3.8) is 0 Å². The van der Waals surface area contributed by atoms with Gasteiger partial charge in [-0.15, -0.1) is 0 Å². The van der Waals surface area contributed by atoms with Gasteiger partial charge in [0.1, 0.15) is 19.0 Å². The zero-order chi connectivity index (χ0) is 19.1. The third kappa shape index (κ3) is 5.56. The number of carboxylic acids is 1. The van der Waals surface area contributed by atoms with Gasteiger partial charge in [-0.2, -0.15) is 0 Å². The molecule has 26 heavy (non-hydrogen) atoms. The van der Waals surface area contributed by atoms with Crippen LogP contribution in [0.15, 0.2) is 30.3 Å². The molecular formula is C20H23ClO5. The van der Waals surface area contributed by atoms with Gasteiger partial charge in [0.05, 0.1) is 7.11 Å². The van der Waals surface area contributed by atoms with Crippen LogP contribution < -0.4 is 14.2 Å². The highest BCUT2D eigenvalue weighted by molar-refractivity contribution is 6.32. The maximum absolute atomic E-state index is 10.7. The fraction of sp³-hybridized carbons (Fsp3) is 0.350. The predicted molar refractivity (Wildman–Crippen MR) is 101 cm³/mol. The van der Waals surface area contributed by atoms with Crippen molar-refractivity contribution in [3.8, 4) is 17.2 Å². The van der Waals surface area contributed by atoms with Gasteiger partial charge in [-0.3, -0.25) is 4.79 Å². The molecule has 0 radical (unpaired) electrons. The Hall–Kier alpha value is -2.40. The first-order valence-corrected chi connectivity index (χ1v) is 8.69. The Morgan fingerprint density at radius 2 is 1.69 bits per heavy atom. The Morgan fingerprint density at radius 3 is 2.31 bits per heavy atom.